The van der Waals surface area contributed by atoms with E-state index >= 15 is 0 Å². The Labute approximate surface area is 110 Å². The fraction of sp³-hybridized carbons (Fsp3) is 0.250. The van der Waals surface area contributed by atoms with Crippen LogP contribution in [0, 0.1) is 20.8 Å². The van der Waals surface area contributed by atoms with Gasteiger partial charge in [0, 0.05) is 0 Å². The maximum Gasteiger partial charge on any atom is 0.416 e. The summed E-state index contributed by atoms with van der Waals surface area (Å²) in [6, 6.07) is 10.0. The van der Waals surface area contributed by atoms with Crippen LogP contribution in [0.1, 0.15) is 22.3 Å². The average Bonchev–Trinajstić information content (AvgIpc) is 2.32. The van der Waals surface area contributed by atoms with Crippen molar-refractivity contribution in [1.82, 2.24) is 0 Å². The van der Waals surface area contributed by atoms with Crippen LogP contribution in [0.5, 0.6) is 0 Å². The van der Waals surface area contributed by atoms with Crippen molar-refractivity contribution in [2.75, 3.05) is 0 Å². The molecule has 100 valence electrons. The van der Waals surface area contributed by atoms with E-state index in [9.17, 15) is 13.2 Å². The van der Waals surface area contributed by atoms with E-state index < -0.39 is 11.7 Å². The second-order valence-corrected chi connectivity index (χ2v) is 4.72. The third-order valence-corrected chi connectivity index (χ3v) is 3.53. The number of halogens is 3. The lowest BCUT2D eigenvalue weighted by atomic mass is 9.92. The predicted octanol–water partition coefficient (Wildman–Crippen LogP) is 5.30. The molecule has 19 heavy (non-hydrogen) atoms. The van der Waals surface area contributed by atoms with Crippen molar-refractivity contribution in [3.63, 3.8) is 0 Å². The molecule has 0 aromatic heterocycles. The fourth-order valence-corrected chi connectivity index (χ4v) is 2.28. The Hall–Kier alpha value is -1.77. The van der Waals surface area contributed by atoms with Crippen LogP contribution in [0.15, 0.2) is 36.4 Å². The van der Waals surface area contributed by atoms with Crippen LogP contribution < -0.4 is 0 Å². The summed E-state index contributed by atoms with van der Waals surface area (Å²) in [5.41, 5.74) is 3.33. The highest BCUT2D eigenvalue weighted by Crippen LogP contribution is 2.37. The highest BCUT2D eigenvalue weighted by molar-refractivity contribution is 5.72. The lowest BCUT2D eigenvalue weighted by Crippen LogP contribution is -2.08. The minimum absolute atomic E-state index is 0.281. The van der Waals surface area contributed by atoms with Gasteiger partial charge in [-0.05, 0) is 54.7 Å². The van der Waals surface area contributed by atoms with E-state index in [1.807, 2.05) is 32.0 Å². The minimum Gasteiger partial charge on any atom is -0.166 e. The van der Waals surface area contributed by atoms with Crippen LogP contribution in [-0.2, 0) is 6.18 Å². The largest absolute Gasteiger partial charge is 0.416 e. The van der Waals surface area contributed by atoms with Crippen molar-refractivity contribution in [2.24, 2.45) is 0 Å². The van der Waals surface area contributed by atoms with Gasteiger partial charge in [0.2, 0.25) is 0 Å². The highest BCUT2D eigenvalue weighted by atomic mass is 19.4. The molecule has 2 aromatic carbocycles. The second-order valence-electron chi connectivity index (χ2n) is 4.72. The molecule has 2 rings (SSSR count). The summed E-state index contributed by atoms with van der Waals surface area (Å²) in [5.74, 6) is 0. The van der Waals surface area contributed by atoms with Gasteiger partial charge in [-0.3, -0.25) is 0 Å². The molecule has 0 aliphatic carbocycles. The van der Waals surface area contributed by atoms with Gasteiger partial charge in [-0.1, -0.05) is 30.3 Å². The third kappa shape index (κ3) is 2.50. The van der Waals surface area contributed by atoms with Gasteiger partial charge in [-0.2, -0.15) is 13.2 Å². The molecule has 0 radical (unpaired) electrons. The monoisotopic (exact) mass is 264 g/mol. The van der Waals surface area contributed by atoms with Crippen LogP contribution >= 0.6 is 0 Å². The number of hydrogen-bond acceptors (Lipinski definition) is 0. The standard InChI is InChI=1S/C16H15F3/c1-10-6-4-7-13(11(10)2)14-8-5-9-15(12(14)3)16(17,18)19/h4-9H,1-3H3. The molecule has 0 aliphatic rings. The average molecular weight is 264 g/mol. The van der Waals surface area contributed by atoms with Crippen molar-refractivity contribution in [3.8, 4) is 11.1 Å². The zero-order valence-corrected chi connectivity index (χ0v) is 11.1. The molecule has 2 aromatic rings. The normalized spacial score (nSPS) is 11.7. The van der Waals surface area contributed by atoms with Gasteiger partial charge in [0.05, 0.1) is 5.56 Å². The SMILES string of the molecule is Cc1cccc(-c2cccc(C(F)(F)F)c2C)c1C. The molecular formula is C16H15F3. The number of hydrogen-bond donors (Lipinski definition) is 0. The molecule has 0 saturated carbocycles. The first-order valence-electron chi connectivity index (χ1n) is 6.05. The molecule has 0 fully saturated rings. The van der Waals surface area contributed by atoms with Crippen molar-refractivity contribution in [3.05, 3.63) is 58.7 Å². The number of alkyl halides is 3. The Kier molecular flexibility index (Phi) is 3.40. The summed E-state index contributed by atoms with van der Waals surface area (Å²) in [7, 11) is 0. The number of benzene rings is 2. The Morgan fingerprint density at radius 1 is 0.737 bits per heavy atom. The molecule has 0 amide bonds. The van der Waals surface area contributed by atoms with Gasteiger partial charge < -0.3 is 0 Å². The molecule has 0 N–H and O–H groups in total. The lowest BCUT2D eigenvalue weighted by molar-refractivity contribution is -0.138. The van der Waals surface area contributed by atoms with Crippen LogP contribution in [0.2, 0.25) is 0 Å². The van der Waals surface area contributed by atoms with E-state index in [2.05, 4.69) is 0 Å². The van der Waals surface area contributed by atoms with Crippen LogP contribution in [-0.4, -0.2) is 0 Å². The van der Waals surface area contributed by atoms with E-state index in [0.29, 0.717) is 5.56 Å². The fourth-order valence-electron chi connectivity index (χ4n) is 2.28. The van der Waals surface area contributed by atoms with Crippen LogP contribution in [0.3, 0.4) is 0 Å². The first kappa shape index (κ1) is 13.7. The van der Waals surface area contributed by atoms with Gasteiger partial charge in [0.1, 0.15) is 0 Å². The van der Waals surface area contributed by atoms with E-state index in [1.54, 1.807) is 6.07 Å². The second kappa shape index (κ2) is 4.72. The Bertz CT molecular complexity index is 610. The maximum atomic E-state index is 12.9. The first-order valence-corrected chi connectivity index (χ1v) is 6.05. The van der Waals surface area contributed by atoms with E-state index in [-0.39, 0.29) is 5.56 Å². The molecule has 0 heterocycles. The Morgan fingerprint density at radius 3 is 1.84 bits per heavy atom. The smallest absolute Gasteiger partial charge is 0.166 e. The van der Waals surface area contributed by atoms with Crippen molar-refractivity contribution < 1.29 is 13.2 Å². The van der Waals surface area contributed by atoms with Crippen molar-refractivity contribution >= 4 is 0 Å². The summed E-state index contributed by atoms with van der Waals surface area (Å²) in [6.07, 6.45) is -4.31. The zero-order chi connectivity index (χ0) is 14.2. The topological polar surface area (TPSA) is 0 Å². The number of rotatable bonds is 1. The van der Waals surface area contributed by atoms with Gasteiger partial charge in [-0.25, -0.2) is 0 Å². The third-order valence-electron chi connectivity index (χ3n) is 3.53. The van der Waals surface area contributed by atoms with E-state index in [4.69, 9.17) is 0 Å². The maximum absolute atomic E-state index is 12.9. The van der Waals surface area contributed by atoms with E-state index in [1.165, 1.54) is 13.0 Å². The summed E-state index contributed by atoms with van der Waals surface area (Å²) >= 11 is 0. The molecule has 0 atom stereocenters. The van der Waals surface area contributed by atoms with Crippen molar-refractivity contribution in [1.29, 1.82) is 0 Å². The lowest BCUT2D eigenvalue weighted by Gasteiger charge is -2.16. The van der Waals surface area contributed by atoms with E-state index in [0.717, 1.165) is 22.8 Å². The van der Waals surface area contributed by atoms with Crippen molar-refractivity contribution in [2.45, 2.75) is 26.9 Å². The predicted molar refractivity (Wildman–Crippen MR) is 71.1 cm³/mol. The zero-order valence-electron chi connectivity index (χ0n) is 11.1. The van der Waals surface area contributed by atoms with Gasteiger partial charge in [-0.15, -0.1) is 0 Å². The first-order chi connectivity index (χ1) is 8.82. The minimum atomic E-state index is -4.31. The summed E-state index contributed by atoms with van der Waals surface area (Å²) in [6.45, 7) is 5.42. The molecule has 0 nitrogen and oxygen atoms in total. The molecule has 0 bridgehead atoms. The molecule has 3 heteroatoms. The van der Waals surface area contributed by atoms with Crippen LogP contribution in [0.4, 0.5) is 13.2 Å². The summed E-state index contributed by atoms with van der Waals surface area (Å²) in [4.78, 5) is 0. The summed E-state index contributed by atoms with van der Waals surface area (Å²) < 4.78 is 38.8. The molecular weight excluding hydrogens is 249 g/mol. The quantitative estimate of drug-likeness (QED) is 0.655. The molecule has 0 spiro atoms. The van der Waals surface area contributed by atoms with Crippen LogP contribution in [0.25, 0.3) is 11.1 Å². The summed E-state index contributed by atoms with van der Waals surface area (Å²) in [5, 5.41) is 0. The van der Waals surface area contributed by atoms with Gasteiger partial charge in [0.25, 0.3) is 0 Å². The molecule has 0 aliphatic heterocycles. The Balaban J connectivity index is 2.68. The molecule has 0 saturated heterocycles. The number of aryl methyl sites for hydroxylation is 1. The highest BCUT2D eigenvalue weighted by Gasteiger charge is 2.33. The Morgan fingerprint density at radius 2 is 1.26 bits per heavy atom. The van der Waals surface area contributed by atoms with Gasteiger partial charge in [0.15, 0.2) is 0 Å². The molecule has 0 unspecified atom stereocenters. The van der Waals surface area contributed by atoms with Gasteiger partial charge >= 0.3 is 6.18 Å².